The summed E-state index contributed by atoms with van der Waals surface area (Å²) in [6.45, 7) is 3.00. The SMILES string of the molecule is CCCC(OC)C(NC)c1ccc2c(c1)CCO2. The summed E-state index contributed by atoms with van der Waals surface area (Å²) in [7, 11) is 3.79. The fourth-order valence-corrected chi connectivity index (χ4v) is 2.67. The molecule has 0 spiro atoms. The molecule has 3 nitrogen and oxygen atoms in total. The molecule has 1 N–H and O–H groups in total. The van der Waals surface area contributed by atoms with Crippen LogP contribution in [0, 0.1) is 0 Å². The van der Waals surface area contributed by atoms with Gasteiger partial charge in [-0.25, -0.2) is 0 Å². The number of methoxy groups -OCH3 is 1. The van der Waals surface area contributed by atoms with Gasteiger partial charge in [-0.05, 0) is 30.7 Å². The molecule has 1 aliphatic heterocycles. The summed E-state index contributed by atoms with van der Waals surface area (Å²) >= 11 is 0. The van der Waals surface area contributed by atoms with Crippen LogP contribution in [0.2, 0.25) is 0 Å². The van der Waals surface area contributed by atoms with Gasteiger partial charge in [0.05, 0.1) is 18.8 Å². The second-order valence-corrected chi connectivity index (χ2v) is 4.79. The first kappa shape index (κ1) is 13.4. The Bertz CT molecular complexity index is 392. The van der Waals surface area contributed by atoms with E-state index in [0.29, 0.717) is 0 Å². The van der Waals surface area contributed by atoms with E-state index in [0.717, 1.165) is 31.6 Å². The lowest BCUT2D eigenvalue weighted by Gasteiger charge is -2.26. The van der Waals surface area contributed by atoms with Gasteiger partial charge in [0.2, 0.25) is 0 Å². The van der Waals surface area contributed by atoms with Crippen molar-refractivity contribution in [1.29, 1.82) is 0 Å². The largest absolute Gasteiger partial charge is 0.493 e. The van der Waals surface area contributed by atoms with Crippen LogP contribution in [0.3, 0.4) is 0 Å². The predicted octanol–water partition coefficient (Wildman–Crippen LogP) is 2.70. The third kappa shape index (κ3) is 2.68. The van der Waals surface area contributed by atoms with Crippen molar-refractivity contribution in [2.24, 2.45) is 0 Å². The van der Waals surface area contributed by atoms with Crippen molar-refractivity contribution in [2.45, 2.75) is 38.3 Å². The molecule has 2 atom stereocenters. The van der Waals surface area contributed by atoms with E-state index in [1.807, 2.05) is 7.05 Å². The lowest BCUT2D eigenvalue weighted by Crippen LogP contribution is -2.31. The van der Waals surface area contributed by atoms with Crippen LogP contribution >= 0.6 is 0 Å². The molecule has 2 rings (SSSR count). The molecule has 0 fully saturated rings. The first-order valence-corrected chi connectivity index (χ1v) is 6.75. The van der Waals surface area contributed by atoms with Gasteiger partial charge in [-0.15, -0.1) is 0 Å². The standard InChI is InChI=1S/C15H23NO2/c1-4-5-14(17-3)15(16-2)12-6-7-13-11(10-12)8-9-18-13/h6-7,10,14-16H,4-5,8-9H2,1-3H3. The molecule has 3 heteroatoms. The van der Waals surface area contributed by atoms with E-state index in [1.165, 1.54) is 11.1 Å². The van der Waals surface area contributed by atoms with E-state index >= 15 is 0 Å². The Morgan fingerprint density at radius 1 is 1.44 bits per heavy atom. The number of nitrogens with one attached hydrogen (secondary N) is 1. The van der Waals surface area contributed by atoms with Crippen LogP contribution in [0.4, 0.5) is 0 Å². The molecule has 0 amide bonds. The molecule has 0 aromatic heterocycles. The van der Waals surface area contributed by atoms with Crippen LogP contribution in [-0.4, -0.2) is 26.9 Å². The van der Waals surface area contributed by atoms with E-state index in [1.54, 1.807) is 7.11 Å². The topological polar surface area (TPSA) is 30.5 Å². The fourth-order valence-electron chi connectivity index (χ4n) is 2.67. The average Bonchev–Trinajstić information content (AvgIpc) is 2.86. The van der Waals surface area contributed by atoms with Crippen molar-refractivity contribution in [3.05, 3.63) is 29.3 Å². The van der Waals surface area contributed by atoms with E-state index < -0.39 is 0 Å². The molecule has 1 aromatic carbocycles. The highest BCUT2D eigenvalue weighted by Gasteiger charge is 2.22. The summed E-state index contributed by atoms with van der Waals surface area (Å²) < 4.78 is 11.2. The van der Waals surface area contributed by atoms with Crippen molar-refractivity contribution >= 4 is 0 Å². The number of benzene rings is 1. The van der Waals surface area contributed by atoms with Crippen LogP contribution in [0.1, 0.15) is 36.9 Å². The molecule has 0 saturated carbocycles. The van der Waals surface area contributed by atoms with Crippen LogP contribution in [-0.2, 0) is 11.2 Å². The number of ether oxygens (including phenoxy) is 2. The zero-order chi connectivity index (χ0) is 13.0. The predicted molar refractivity (Wildman–Crippen MR) is 73.1 cm³/mol. The van der Waals surface area contributed by atoms with Gasteiger partial charge in [-0.1, -0.05) is 25.5 Å². The molecule has 0 radical (unpaired) electrons. The van der Waals surface area contributed by atoms with Crippen molar-refractivity contribution in [3.8, 4) is 5.75 Å². The van der Waals surface area contributed by atoms with Gasteiger partial charge in [0.15, 0.2) is 0 Å². The van der Waals surface area contributed by atoms with Crippen molar-refractivity contribution < 1.29 is 9.47 Å². The van der Waals surface area contributed by atoms with Gasteiger partial charge < -0.3 is 14.8 Å². The first-order chi connectivity index (χ1) is 8.80. The van der Waals surface area contributed by atoms with Crippen LogP contribution in [0.5, 0.6) is 5.75 Å². The molecule has 18 heavy (non-hydrogen) atoms. The molecule has 0 saturated heterocycles. The number of hydrogen-bond donors (Lipinski definition) is 1. The summed E-state index contributed by atoms with van der Waals surface area (Å²) in [4.78, 5) is 0. The second-order valence-electron chi connectivity index (χ2n) is 4.79. The van der Waals surface area contributed by atoms with Crippen molar-refractivity contribution in [3.63, 3.8) is 0 Å². The number of fused-ring (bicyclic) bond motifs is 1. The Morgan fingerprint density at radius 3 is 2.94 bits per heavy atom. The minimum Gasteiger partial charge on any atom is -0.493 e. The van der Waals surface area contributed by atoms with Gasteiger partial charge in [0.1, 0.15) is 5.75 Å². The molecule has 100 valence electrons. The molecule has 1 aromatic rings. The Kier molecular flexibility index (Phi) is 4.61. The Balaban J connectivity index is 2.21. The minimum absolute atomic E-state index is 0.223. The van der Waals surface area contributed by atoms with E-state index in [9.17, 15) is 0 Å². The Labute approximate surface area is 109 Å². The fraction of sp³-hybridized carbons (Fsp3) is 0.600. The average molecular weight is 249 g/mol. The summed E-state index contributed by atoms with van der Waals surface area (Å²) in [5.41, 5.74) is 2.61. The highest BCUT2D eigenvalue weighted by atomic mass is 16.5. The molecular formula is C15H23NO2. The third-order valence-corrected chi connectivity index (χ3v) is 3.63. The molecule has 2 unspecified atom stereocenters. The van der Waals surface area contributed by atoms with Gasteiger partial charge >= 0.3 is 0 Å². The number of rotatable bonds is 6. The zero-order valence-electron chi connectivity index (χ0n) is 11.5. The van der Waals surface area contributed by atoms with Crippen LogP contribution < -0.4 is 10.1 Å². The molecule has 1 heterocycles. The lowest BCUT2D eigenvalue weighted by atomic mass is 9.96. The molecule has 0 aliphatic carbocycles. The molecule has 0 bridgehead atoms. The Morgan fingerprint density at radius 2 is 2.28 bits per heavy atom. The summed E-state index contributed by atoms with van der Waals surface area (Å²) in [6, 6.07) is 6.74. The summed E-state index contributed by atoms with van der Waals surface area (Å²) in [6.07, 6.45) is 3.44. The number of likely N-dealkylation sites (N-methyl/N-ethyl adjacent to an activating group) is 1. The van der Waals surface area contributed by atoms with E-state index in [2.05, 4.69) is 30.4 Å². The van der Waals surface area contributed by atoms with Gasteiger partial charge in [0, 0.05) is 13.5 Å². The van der Waals surface area contributed by atoms with Crippen molar-refractivity contribution in [1.82, 2.24) is 5.32 Å². The Hall–Kier alpha value is -1.06. The maximum Gasteiger partial charge on any atom is 0.122 e. The monoisotopic (exact) mass is 249 g/mol. The molecule has 1 aliphatic rings. The second kappa shape index (κ2) is 6.21. The summed E-state index contributed by atoms with van der Waals surface area (Å²) in [5, 5.41) is 3.38. The van der Waals surface area contributed by atoms with Gasteiger partial charge in [-0.2, -0.15) is 0 Å². The maximum atomic E-state index is 5.62. The first-order valence-electron chi connectivity index (χ1n) is 6.75. The third-order valence-electron chi connectivity index (χ3n) is 3.63. The van der Waals surface area contributed by atoms with Crippen molar-refractivity contribution in [2.75, 3.05) is 20.8 Å². The van der Waals surface area contributed by atoms with E-state index in [-0.39, 0.29) is 12.1 Å². The zero-order valence-corrected chi connectivity index (χ0v) is 11.5. The quantitative estimate of drug-likeness (QED) is 0.841. The highest BCUT2D eigenvalue weighted by molar-refractivity contribution is 5.41. The smallest absolute Gasteiger partial charge is 0.122 e. The minimum atomic E-state index is 0.223. The lowest BCUT2D eigenvalue weighted by molar-refractivity contribution is 0.0630. The van der Waals surface area contributed by atoms with E-state index in [4.69, 9.17) is 9.47 Å². The maximum absolute atomic E-state index is 5.62. The molecular weight excluding hydrogens is 226 g/mol. The van der Waals surface area contributed by atoms with Gasteiger partial charge in [0.25, 0.3) is 0 Å². The number of hydrogen-bond acceptors (Lipinski definition) is 3. The van der Waals surface area contributed by atoms with Crippen LogP contribution in [0.25, 0.3) is 0 Å². The van der Waals surface area contributed by atoms with Gasteiger partial charge in [-0.3, -0.25) is 0 Å². The van der Waals surface area contributed by atoms with Crippen LogP contribution in [0.15, 0.2) is 18.2 Å². The highest BCUT2D eigenvalue weighted by Crippen LogP contribution is 2.30. The summed E-state index contributed by atoms with van der Waals surface area (Å²) in [5.74, 6) is 1.04. The normalized spacial score (nSPS) is 17.1.